The van der Waals surface area contributed by atoms with Gasteiger partial charge in [0.05, 0.1) is 17.5 Å². The van der Waals surface area contributed by atoms with Gasteiger partial charge in [-0.05, 0) is 47.7 Å². The summed E-state index contributed by atoms with van der Waals surface area (Å²) in [6.07, 6.45) is 1.02. The molecule has 0 bridgehead atoms. The molecule has 0 fully saturated rings. The molecule has 1 aromatic heterocycles. The number of benzene rings is 3. The van der Waals surface area contributed by atoms with E-state index in [2.05, 4.69) is 36.1 Å². The molecule has 1 aliphatic rings. The van der Waals surface area contributed by atoms with E-state index in [0.717, 1.165) is 34.2 Å². The van der Waals surface area contributed by atoms with Crippen LogP contribution in [0.1, 0.15) is 18.1 Å². The predicted molar refractivity (Wildman–Crippen MR) is 107 cm³/mol. The first-order chi connectivity index (χ1) is 13.2. The Kier molecular flexibility index (Phi) is 3.64. The summed E-state index contributed by atoms with van der Waals surface area (Å²) in [5.74, 6) is 0.780. The number of ether oxygens (including phenoxy) is 1. The summed E-state index contributed by atoms with van der Waals surface area (Å²) >= 11 is 0. The number of rotatable bonds is 2. The first kappa shape index (κ1) is 15.9. The minimum atomic E-state index is -0.309. The van der Waals surface area contributed by atoms with Crippen molar-refractivity contribution >= 4 is 27.4 Å². The van der Waals surface area contributed by atoms with Crippen LogP contribution in [0.2, 0.25) is 0 Å². The van der Waals surface area contributed by atoms with Crippen LogP contribution in [0, 0.1) is 0 Å². The molecule has 134 valence electrons. The Hall–Kier alpha value is -3.27. The van der Waals surface area contributed by atoms with Crippen LogP contribution in [0.5, 0.6) is 5.75 Å². The fourth-order valence-electron chi connectivity index (χ4n) is 3.76. The summed E-state index contributed by atoms with van der Waals surface area (Å²) < 4.78 is 11.7. The zero-order valence-electron chi connectivity index (χ0n) is 15.1. The molecule has 3 aromatic carbocycles. The Morgan fingerprint density at radius 3 is 2.48 bits per heavy atom. The van der Waals surface area contributed by atoms with Crippen LogP contribution < -0.4 is 15.3 Å². The highest BCUT2D eigenvalue weighted by Gasteiger charge is 2.22. The lowest BCUT2D eigenvalue weighted by Gasteiger charge is -2.31. The Labute approximate surface area is 156 Å². The Balaban J connectivity index is 1.65. The van der Waals surface area contributed by atoms with Crippen molar-refractivity contribution in [3.05, 3.63) is 82.2 Å². The molecule has 0 spiro atoms. The summed E-state index contributed by atoms with van der Waals surface area (Å²) in [7, 11) is 0. The molecule has 4 nitrogen and oxygen atoms in total. The lowest BCUT2D eigenvalue weighted by atomic mass is 10.0. The fraction of sp³-hybridized carbons (Fsp3) is 0.174. The Morgan fingerprint density at radius 2 is 1.70 bits per heavy atom. The van der Waals surface area contributed by atoms with Gasteiger partial charge in [-0.2, -0.15) is 0 Å². The van der Waals surface area contributed by atoms with Gasteiger partial charge in [0.1, 0.15) is 11.3 Å². The highest BCUT2D eigenvalue weighted by atomic mass is 16.5. The van der Waals surface area contributed by atoms with Crippen molar-refractivity contribution in [3.8, 4) is 5.75 Å². The van der Waals surface area contributed by atoms with Gasteiger partial charge in [0.25, 0.3) is 0 Å². The van der Waals surface area contributed by atoms with Gasteiger partial charge in [-0.25, -0.2) is 4.79 Å². The van der Waals surface area contributed by atoms with Crippen molar-refractivity contribution < 1.29 is 9.15 Å². The maximum atomic E-state index is 12.5. The van der Waals surface area contributed by atoms with Gasteiger partial charge < -0.3 is 14.1 Å². The third-order valence-electron chi connectivity index (χ3n) is 5.28. The zero-order chi connectivity index (χ0) is 18.4. The SMILES string of the molecule is CCc1ccc(N2COc3ccc4c(oc(=O)c5ccccc54)c3C2)cc1. The summed E-state index contributed by atoms with van der Waals surface area (Å²) in [5, 5.41) is 2.46. The van der Waals surface area contributed by atoms with Crippen molar-refractivity contribution in [1.82, 2.24) is 0 Å². The average molecular weight is 357 g/mol. The van der Waals surface area contributed by atoms with Crippen LogP contribution in [0.3, 0.4) is 0 Å². The molecular weight excluding hydrogens is 338 g/mol. The summed E-state index contributed by atoms with van der Waals surface area (Å²) in [6.45, 7) is 3.26. The van der Waals surface area contributed by atoms with Gasteiger partial charge in [-0.15, -0.1) is 0 Å². The first-order valence-corrected chi connectivity index (χ1v) is 9.18. The number of hydrogen-bond donors (Lipinski definition) is 0. The molecule has 0 unspecified atom stereocenters. The predicted octanol–water partition coefficient (Wildman–Crippen LogP) is 4.87. The van der Waals surface area contributed by atoms with E-state index in [4.69, 9.17) is 9.15 Å². The number of hydrogen-bond acceptors (Lipinski definition) is 4. The van der Waals surface area contributed by atoms with Crippen molar-refractivity contribution in [3.63, 3.8) is 0 Å². The van der Waals surface area contributed by atoms with E-state index in [-0.39, 0.29) is 5.63 Å². The first-order valence-electron chi connectivity index (χ1n) is 9.18. The van der Waals surface area contributed by atoms with Crippen molar-refractivity contribution in [1.29, 1.82) is 0 Å². The largest absolute Gasteiger partial charge is 0.473 e. The smallest absolute Gasteiger partial charge is 0.344 e. The summed E-state index contributed by atoms with van der Waals surface area (Å²) in [4.78, 5) is 14.6. The third kappa shape index (κ3) is 2.56. The van der Waals surface area contributed by atoms with Crippen molar-refractivity contribution in [2.75, 3.05) is 11.6 Å². The molecule has 0 atom stereocenters. The molecule has 0 aliphatic carbocycles. The normalized spacial score (nSPS) is 13.6. The third-order valence-corrected chi connectivity index (χ3v) is 5.28. The van der Waals surface area contributed by atoms with Crippen LogP contribution in [-0.4, -0.2) is 6.73 Å². The van der Waals surface area contributed by atoms with E-state index in [1.54, 1.807) is 6.07 Å². The van der Waals surface area contributed by atoms with Gasteiger partial charge in [0, 0.05) is 11.1 Å². The molecule has 1 aliphatic heterocycles. The second-order valence-electron chi connectivity index (χ2n) is 6.85. The van der Waals surface area contributed by atoms with Gasteiger partial charge in [-0.3, -0.25) is 0 Å². The number of aryl methyl sites for hydroxylation is 1. The Bertz CT molecular complexity index is 1210. The van der Waals surface area contributed by atoms with Gasteiger partial charge in [0.2, 0.25) is 0 Å². The molecule has 0 saturated carbocycles. The molecular formula is C23H19NO3. The van der Waals surface area contributed by atoms with E-state index in [1.807, 2.05) is 30.3 Å². The van der Waals surface area contributed by atoms with Crippen LogP contribution in [0.15, 0.2) is 69.9 Å². The second kappa shape index (κ2) is 6.16. The monoisotopic (exact) mass is 357 g/mol. The highest BCUT2D eigenvalue weighted by molar-refractivity contribution is 6.05. The molecule has 0 radical (unpaired) electrons. The molecule has 0 amide bonds. The molecule has 0 N–H and O–H groups in total. The van der Waals surface area contributed by atoms with Crippen LogP contribution in [-0.2, 0) is 13.0 Å². The number of nitrogens with zero attached hydrogens (tertiary/aromatic N) is 1. The lowest BCUT2D eigenvalue weighted by Crippen LogP contribution is -2.32. The zero-order valence-corrected chi connectivity index (χ0v) is 15.1. The van der Waals surface area contributed by atoms with E-state index in [9.17, 15) is 4.79 Å². The van der Waals surface area contributed by atoms with E-state index in [1.165, 1.54) is 5.56 Å². The van der Waals surface area contributed by atoms with Gasteiger partial charge in [-0.1, -0.05) is 37.3 Å². The maximum absolute atomic E-state index is 12.5. The van der Waals surface area contributed by atoms with Crippen molar-refractivity contribution in [2.45, 2.75) is 19.9 Å². The molecule has 27 heavy (non-hydrogen) atoms. The van der Waals surface area contributed by atoms with Crippen LogP contribution in [0.25, 0.3) is 21.7 Å². The van der Waals surface area contributed by atoms with E-state index < -0.39 is 0 Å². The topological polar surface area (TPSA) is 42.7 Å². The van der Waals surface area contributed by atoms with E-state index in [0.29, 0.717) is 24.2 Å². The van der Waals surface area contributed by atoms with Gasteiger partial charge in [0.15, 0.2) is 6.73 Å². The Morgan fingerprint density at radius 1 is 0.926 bits per heavy atom. The average Bonchev–Trinajstić information content (AvgIpc) is 2.73. The molecule has 5 rings (SSSR count). The minimum absolute atomic E-state index is 0.309. The second-order valence-corrected chi connectivity index (χ2v) is 6.85. The quantitative estimate of drug-likeness (QED) is 0.379. The fourth-order valence-corrected chi connectivity index (χ4v) is 3.76. The molecule has 2 heterocycles. The standard InChI is InChI=1S/C23H19NO3/c1-2-15-7-9-16(10-8-15)24-13-20-21(26-14-24)12-11-18-17-5-3-4-6-19(17)23(25)27-22(18)20/h3-12H,2,13-14H2,1H3. The molecule has 0 saturated heterocycles. The van der Waals surface area contributed by atoms with Crippen LogP contribution in [0.4, 0.5) is 5.69 Å². The van der Waals surface area contributed by atoms with Crippen LogP contribution >= 0.6 is 0 Å². The van der Waals surface area contributed by atoms with E-state index >= 15 is 0 Å². The summed E-state index contributed by atoms with van der Waals surface area (Å²) in [6, 6.07) is 20.0. The summed E-state index contributed by atoms with van der Waals surface area (Å²) in [5.41, 5.74) is 3.63. The van der Waals surface area contributed by atoms with Crippen molar-refractivity contribution in [2.24, 2.45) is 0 Å². The molecule has 4 aromatic rings. The lowest BCUT2D eigenvalue weighted by molar-refractivity contribution is 0.289. The highest BCUT2D eigenvalue weighted by Crippen LogP contribution is 2.35. The number of anilines is 1. The number of fused-ring (bicyclic) bond motifs is 5. The minimum Gasteiger partial charge on any atom is -0.473 e. The maximum Gasteiger partial charge on any atom is 0.344 e. The van der Waals surface area contributed by atoms with Gasteiger partial charge >= 0.3 is 5.63 Å². The molecule has 4 heteroatoms.